The Morgan fingerprint density at radius 2 is 1.56 bits per heavy atom. The molecule has 0 aromatic heterocycles. The number of rotatable bonds is 5. The molecule has 2 rings (SSSR count). The lowest BCUT2D eigenvalue weighted by molar-refractivity contribution is -0.148. The fourth-order valence-corrected chi connectivity index (χ4v) is 3.93. The second-order valence-corrected chi connectivity index (χ2v) is 7.60. The van der Waals surface area contributed by atoms with Crippen molar-refractivity contribution in [1.82, 2.24) is 10.9 Å². The van der Waals surface area contributed by atoms with E-state index in [0.29, 0.717) is 25.2 Å². The summed E-state index contributed by atoms with van der Waals surface area (Å²) in [5, 5.41) is 9.38. The molecular formula is C19H30N2O4. The average Bonchev–Trinajstić information content (AvgIpc) is 2.60. The predicted octanol–water partition coefficient (Wildman–Crippen LogP) is 2.94. The minimum atomic E-state index is -0.962. The van der Waals surface area contributed by atoms with Gasteiger partial charge in [0.2, 0.25) is 11.8 Å². The number of amides is 2. The van der Waals surface area contributed by atoms with Crippen molar-refractivity contribution in [2.75, 3.05) is 0 Å². The molecule has 0 spiro atoms. The molecule has 0 saturated heterocycles. The highest BCUT2D eigenvalue weighted by molar-refractivity contribution is 5.87. The van der Waals surface area contributed by atoms with Gasteiger partial charge in [-0.3, -0.25) is 25.2 Å². The largest absolute Gasteiger partial charge is 0.481 e. The highest BCUT2D eigenvalue weighted by Gasteiger charge is 2.37. The van der Waals surface area contributed by atoms with Gasteiger partial charge in [0, 0.05) is 6.42 Å². The first-order valence-corrected chi connectivity index (χ1v) is 9.35. The Bertz CT molecular complexity index is 550. The zero-order valence-corrected chi connectivity index (χ0v) is 15.3. The van der Waals surface area contributed by atoms with Crippen molar-refractivity contribution < 1.29 is 19.5 Å². The van der Waals surface area contributed by atoms with Gasteiger partial charge >= 0.3 is 5.97 Å². The molecule has 3 N–H and O–H groups in total. The van der Waals surface area contributed by atoms with E-state index in [1.165, 1.54) is 32.1 Å². The Balaban J connectivity index is 1.79. The fourth-order valence-electron chi connectivity index (χ4n) is 3.93. The molecule has 1 fully saturated rings. The first-order chi connectivity index (χ1) is 11.9. The maximum atomic E-state index is 12.4. The minimum absolute atomic E-state index is 0.204. The third kappa shape index (κ3) is 5.58. The van der Waals surface area contributed by atoms with E-state index in [-0.39, 0.29) is 5.91 Å². The van der Waals surface area contributed by atoms with Crippen molar-refractivity contribution in [3.8, 4) is 0 Å². The first kappa shape index (κ1) is 19.5. The van der Waals surface area contributed by atoms with E-state index in [1.54, 1.807) is 0 Å². The van der Waals surface area contributed by atoms with E-state index >= 15 is 0 Å². The van der Waals surface area contributed by atoms with Gasteiger partial charge in [-0.1, -0.05) is 43.3 Å². The smallest absolute Gasteiger partial charge is 0.307 e. The molecule has 0 bridgehead atoms. The number of allylic oxidation sites excluding steroid dienone is 2. The maximum Gasteiger partial charge on any atom is 0.307 e. The lowest BCUT2D eigenvalue weighted by Gasteiger charge is -2.29. The minimum Gasteiger partial charge on any atom is -0.481 e. The monoisotopic (exact) mass is 350 g/mol. The molecule has 25 heavy (non-hydrogen) atoms. The molecule has 140 valence electrons. The molecule has 0 aliphatic heterocycles. The van der Waals surface area contributed by atoms with E-state index < -0.39 is 23.7 Å². The molecule has 6 heteroatoms. The number of carboxylic acid groups (broad SMARTS) is 1. The molecule has 2 aliphatic rings. The van der Waals surface area contributed by atoms with E-state index in [2.05, 4.69) is 10.9 Å². The fraction of sp³-hybridized carbons (Fsp3) is 0.737. The molecule has 0 aromatic rings. The summed E-state index contributed by atoms with van der Waals surface area (Å²) in [6, 6.07) is 0. The van der Waals surface area contributed by atoms with Crippen LogP contribution in [0.3, 0.4) is 0 Å². The Kier molecular flexibility index (Phi) is 7.02. The topological polar surface area (TPSA) is 95.5 Å². The molecule has 1 saturated carbocycles. The molecule has 0 radical (unpaired) electrons. The summed E-state index contributed by atoms with van der Waals surface area (Å²) in [6.07, 6.45) is 8.21. The van der Waals surface area contributed by atoms with Crippen molar-refractivity contribution in [3.05, 3.63) is 11.1 Å². The molecular weight excluding hydrogens is 320 g/mol. The van der Waals surface area contributed by atoms with E-state index in [0.717, 1.165) is 17.6 Å². The van der Waals surface area contributed by atoms with Crippen molar-refractivity contribution in [3.63, 3.8) is 0 Å². The molecule has 0 unspecified atom stereocenters. The van der Waals surface area contributed by atoms with Crippen LogP contribution < -0.4 is 10.9 Å². The third-order valence-corrected chi connectivity index (χ3v) is 5.75. The molecule has 0 aromatic carbocycles. The van der Waals surface area contributed by atoms with Crippen molar-refractivity contribution >= 4 is 17.8 Å². The lowest BCUT2D eigenvalue weighted by Crippen LogP contribution is -2.48. The van der Waals surface area contributed by atoms with E-state index in [1.807, 2.05) is 13.8 Å². The van der Waals surface area contributed by atoms with E-state index in [9.17, 15) is 19.5 Å². The summed E-state index contributed by atoms with van der Waals surface area (Å²) in [5.74, 6) is -2.34. The number of aliphatic carboxylic acids is 1. The van der Waals surface area contributed by atoms with Crippen molar-refractivity contribution in [2.45, 2.75) is 71.6 Å². The predicted molar refractivity (Wildman–Crippen MR) is 94.3 cm³/mol. The Labute approximate surface area is 149 Å². The van der Waals surface area contributed by atoms with Gasteiger partial charge in [0.05, 0.1) is 11.8 Å². The zero-order chi connectivity index (χ0) is 18.4. The number of carbonyl (C=O) groups excluding carboxylic acids is 2. The highest BCUT2D eigenvalue weighted by atomic mass is 16.4. The van der Waals surface area contributed by atoms with Crippen LogP contribution in [-0.2, 0) is 14.4 Å². The molecule has 2 aliphatic carbocycles. The van der Waals surface area contributed by atoms with Crippen LogP contribution in [0.1, 0.15) is 71.6 Å². The van der Waals surface area contributed by atoms with Crippen LogP contribution in [0.2, 0.25) is 0 Å². The summed E-state index contributed by atoms with van der Waals surface area (Å²) in [4.78, 5) is 35.8. The molecule has 2 atom stereocenters. The van der Waals surface area contributed by atoms with Crippen molar-refractivity contribution in [1.29, 1.82) is 0 Å². The van der Waals surface area contributed by atoms with Crippen LogP contribution in [0.4, 0.5) is 0 Å². The number of carboxylic acids is 1. The van der Waals surface area contributed by atoms with Gasteiger partial charge < -0.3 is 5.11 Å². The van der Waals surface area contributed by atoms with Gasteiger partial charge in [-0.05, 0) is 39.0 Å². The van der Waals surface area contributed by atoms with Crippen LogP contribution in [-0.4, -0.2) is 22.9 Å². The highest BCUT2D eigenvalue weighted by Crippen LogP contribution is 2.34. The van der Waals surface area contributed by atoms with Gasteiger partial charge in [0.25, 0.3) is 0 Å². The van der Waals surface area contributed by atoms with Crippen LogP contribution in [0.25, 0.3) is 0 Å². The first-order valence-electron chi connectivity index (χ1n) is 9.35. The van der Waals surface area contributed by atoms with Crippen molar-refractivity contribution in [2.24, 2.45) is 17.8 Å². The average molecular weight is 350 g/mol. The Morgan fingerprint density at radius 3 is 2.16 bits per heavy atom. The SMILES string of the molecule is CC1=C(C)C[C@@H](C(=O)O)[C@@H](C(=O)NNC(=O)CCC2CCCCC2)C1. The molecule has 6 nitrogen and oxygen atoms in total. The maximum absolute atomic E-state index is 12.4. The van der Waals surface area contributed by atoms with Gasteiger partial charge in [-0.25, -0.2) is 0 Å². The van der Waals surface area contributed by atoms with Crippen LogP contribution in [0, 0.1) is 17.8 Å². The van der Waals surface area contributed by atoms with Crippen LogP contribution in [0.15, 0.2) is 11.1 Å². The standard InChI is InChI=1S/C19H30N2O4/c1-12-10-15(16(19(24)25)11-13(12)2)18(23)21-20-17(22)9-8-14-6-4-3-5-7-14/h14-16H,3-11H2,1-2H3,(H,20,22)(H,21,23)(H,24,25)/t15-,16+/m0/s1. The number of hydrogen-bond acceptors (Lipinski definition) is 3. The van der Waals surface area contributed by atoms with Gasteiger partial charge in [-0.15, -0.1) is 0 Å². The lowest BCUT2D eigenvalue weighted by atomic mass is 9.76. The summed E-state index contributed by atoms with van der Waals surface area (Å²) < 4.78 is 0. The zero-order valence-electron chi connectivity index (χ0n) is 15.3. The van der Waals surface area contributed by atoms with Gasteiger partial charge in [-0.2, -0.15) is 0 Å². The molecule has 0 heterocycles. The van der Waals surface area contributed by atoms with Gasteiger partial charge in [0.15, 0.2) is 0 Å². The summed E-state index contributed by atoms with van der Waals surface area (Å²) in [6.45, 7) is 3.84. The third-order valence-electron chi connectivity index (χ3n) is 5.75. The second-order valence-electron chi connectivity index (χ2n) is 7.60. The summed E-state index contributed by atoms with van der Waals surface area (Å²) >= 11 is 0. The van der Waals surface area contributed by atoms with Crippen LogP contribution in [0.5, 0.6) is 0 Å². The number of hydrogen-bond donors (Lipinski definition) is 3. The summed E-state index contributed by atoms with van der Waals surface area (Å²) in [7, 11) is 0. The quantitative estimate of drug-likeness (QED) is 0.525. The Hall–Kier alpha value is -1.85. The van der Waals surface area contributed by atoms with Crippen LogP contribution >= 0.6 is 0 Å². The number of nitrogens with one attached hydrogen (secondary N) is 2. The van der Waals surface area contributed by atoms with E-state index in [4.69, 9.17) is 0 Å². The number of hydrazine groups is 1. The normalized spacial score (nSPS) is 24.7. The second kappa shape index (κ2) is 9.02. The molecule has 2 amide bonds. The number of carbonyl (C=O) groups is 3. The van der Waals surface area contributed by atoms with Gasteiger partial charge in [0.1, 0.15) is 0 Å². The Morgan fingerprint density at radius 1 is 0.960 bits per heavy atom. The summed E-state index contributed by atoms with van der Waals surface area (Å²) in [5.41, 5.74) is 6.98.